The Morgan fingerprint density at radius 3 is 3.00 bits per heavy atom. The van der Waals surface area contributed by atoms with Crippen LogP contribution in [0.1, 0.15) is 17.4 Å². The maximum Gasteiger partial charge on any atom is 0.308 e. The number of aromatic nitrogens is 1. The molecular formula is C12H12N2O4S. The SMILES string of the molecule is CC(CNC(=O)c1csc(-c2ccoc2)n1)C(=O)O. The number of carboxylic acid groups (broad SMARTS) is 1. The van der Waals surface area contributed by atoms with Crippen LogP contribution in [0.2, 0.25) is 0 Å². The summed E-state index contributed by atoms with van der Waals surface area (Å²) in [4.78, 5) is 26.6. The van der Waals surface area contributed by atoms with Crippen LogP contribution in [0.15, 0.2) is 28.4 Å². The molecule has 0 aliphatic heterocycles. The molecule has 6 nitrogen and oxygen atoms in total. The van der Waals surface area contributed by atoms with Crippen LogP contribution in [-0.4, -0.2) is 28.5 Å². The van der Waals surface area contributed by atoms with Gasteiger partial charge in [-0.05, 0) is 6.07 Å². The number of rotatable bonds is 5. The minimum absolute atomic E-state index is 0.0761. The van der Waals surface area contributed by atoms with Crippen molar-refractivity contribution in [3.8, 4) is 10.6 Å². The van der Waals surface area contributed by atoms with E-state index < -0.39 is 11.9 Å². The molecule has 100 valence electrons. The van der Waals surface area contributed by atoms with Gasteiger partial charge in [-0.25, -0.2) is 4.98 Å². The Morgan fingerprint density at radius 2 is 2.37 bits per heavy atom. The van der Waals surface area contributed by atoms with Crippen LogP contribution in [0.3, 0.4) is 0 Å². The topological polar surface area (TPSA) is 92.4 Å². The lowest BCUT2D eigenvalue weighted by Gasteiger charge is -2.06. The van der Waals surface area contributed by atoms with Crippen LogP contribution >= 0.6 is 11.3 Å². The molecule has 19 heavy (non-hydrogen) atoms. The molecule has 2 N–H and O–H groups in total. The number of nitrogens with zero attached hydrogens (tertiary/aromatic N) is 1. The third-order valence-corrected chi connectivity index (χ3v) is 3.39. The Bertz CT molecular complexity index is 576. The van der Waals surface area contributed by atoms with E-state index in [-0.39, 0.29) is 18.1 Å². The molecule has 0 aromatic carbocycles. The fourth-order valence-electron chi connectivity index (χ4n) is 1.32. The van der Waals surface area contributed by atoms with Crippen LogP contribution in [0.5, 0.6) is 0 Å². The molecule has 2 aromatic rings. The highest BCUT2D eigenvalue weighted by molar-refractivity contribution is 7.13. The predicted molar refractivity (Wildman–Crippen MR) is 68.9 cm³/mol. The lowest BCUT2D eigenvalue weighted by Crippen LogP contribution is -2.31. The molecule has 2 rings (SSSR count). The quantitative estimate of drug-likeness (QED) is 0.872. The summed E-state index contributed by atoms with van der Waals surface area (Å²) in [5.74, 6) is -1.95. The standard InChI is InChI=1S/C12H12N2O4S/c1-7(12(16)17)4-13-10(15)9-6-19-11(14-9)8-2-3-18-5-8/h2-3,5-7H,4H2,1H3,(H,13,15)(H,16,17). The number of hydrogen-bond donors (Lipinski definition) is 2. The van der Waals surface area contributed by atoms with Crippen molar-refractivity contribution in [3.05, 3.63) is 29.7 Å². The number of thiazole rings is 1. The van der Waals surface area contributed by atoms with Gasteiger partial charge < -0.3 is 14.8 Å². The van der Waals surface area contributed by atoms with Crippen molar-refractivity contribution in [3.63, 3.8) is 0 Å². The molecule has 0 bridgehead atoms. The molecule has 1 atom stereocenters. The highest BCUT2D eigenvalue weighted by atomic mass is 32.1. The first-order chi connectivity index (χ1) is 9.08. The van der Waals surface area contributed by atoms with Gasteiger partial charge in [0.05, 0.1) is 12.2 Å². The molecule has 0 fully saturated rings. The molecule has 7 heteroatoms. The molecular weight excluding hydrogens is 268 g/mol. The molecule has 1 amide bonds. The molecule has 1 unspecified atom stereocenters. The van der Waals surface area contributed by atoms with Crippen LogP contribution in [-0.2, 0) is 4.79 Å². The van der Waals surface area contributed by atoms with Crippen molar-refractivity contribution < 1.29 is 19.1 Å². The fraction of sp³-hybridized carbons (Fsp3) is 0.250. The minimum atomic E-state index is -0.947. The molecule has 0 aliphatic rings. The van der Waals surface area contributed by atoms with Gasteiger partial charge >= 0.3 is 5.97 Å². The van der Waals surface area contributed by atoms with Crippen molar-refractivity contribution in [2.24, 2.45) is 5.92 Å². The van der Waals surface area contributed by atoms with E-state index in [1.54, 1.807) is 17.7 Å². The third kappa shape index (κ3) is 3.19. The molecule has 0 radical (unpaired) electrons. The van der Waals surface area contributed by atoms with Gasteiger partial charge in [-0.2, -0.15) is 0 Å². The summed E-state index contributed by atoms with van der Waals surface area (Å²) in [6.45, 7) is 1.60. The Balaban J connectivity index is 1.99. The third-order valence-electron chi connectivity index (χ3n) is 2.50. The number of furan rings is 1. The van der Waals surface area contributed by atoms with Gasteiger partial charge in [0, 0.05) is 17.5 Å². The summed E-state index contributed by atoms with van der Waals surface area (Å²) in [7, 11) is 0. The summed E-state index contributed by atoms with van der Waals surface area (Å²) in [6.07, 6.45) is 3.08. The highest BCUT2D eigenvalue weighted by Gasteiger charge is 2.15. The van der Waals surface area contributed by atoms with Gasteiger partial charge in [0.2, 0.25) is 0 Å². The molecule has 2 heterocycles. The number of aliphatic carboxylic acids is 1. The van der Waals surface area contributed by atoms with Gasteiger partial charge in [-0.1, -0.05) is 6.92 Å². The predicted octanol–water partition coefficient (Wildman–Crippen LogP) is 1.85. The van der Waals surface area contributed by atoms with E-state index in [9.17, 15) is 9.59 Å². The summed E-state index contributed by atoms with van der Waals surface area (Å²) in [6, 6.07) is 1.76. The van der Waals surface area contributed by atoms with Crippen molar-refractivity contribution in [2.75, 3.05) is 6.54 Å². The van der Waals surface area contributed by atoms with E-state index in [1.165, 1.54) is 24.5 Å². The van der Waals surface area contributed by atoms with E-state index >= 15 is 0 Å². The van der Waals surface area contributed by atoms with E-state index in [0.717, 1.165) is 5.56 Å². The largest absolute Gasteiger partial charge is 0.481 e. The Kier molecular flexibility index (Phi) is 3.96. The van der Waals surface area contributed by atoms with Crippen LogP contribution in [0.4, 0.5) is 0 Å². The molecule has 0 aliphatic carbocycles. The van der Waals surface area contributed by atoms with Crippen molar-refractivity contribution in [1.82, 2.24) is 10.3 Å². The summed E-state index contributed by atoms with van der Waals surface area (Å²) < 4.78 is 4.94. The molecule has 2 aromatic heterocycles. The normalized spacial score (nSPS) is 12.1. The number of carbonyl (C=O) groups is 2. The number of carboxylic acids is 1. The second-order valence-corrected chi connectivity index (χ2v) is 4.86. The van der Waals surface area contributed by atoms with Crippen molar-refractivity contribution >= 4 is 23.2 Å². The monoisotopic (exact) mass is 280 g/mol. The first-order valence-electron chi connectivity index (χ1n) is 5.57. The lowest BCUT2D eigenvalue weighted by molar-refractivity contribution is -0.140. The van der Waals surface area contributed by atoms with E-state index in [1.807, 2.05) is 0 Å². The zero-order valence-corrected chi connectivity index (χ0v) is 10.9. The van der Waals surface area contributed by atoms with Gasteiger partial charge in [0.25, 0.3) is 5.91 Å². The van der Waals surface area contributed by atoms with Crippen molar-refractivity contribution in [1.29, 1.82) is 0 Å². The number of nitrogens with one attached hydrogen (secondary N) is 1. The summed E-state index contributed by atoms with van der Waals surface area (Å²) in [5.41, 5.74) is 1.08. The fourth-order valence-corrected chi connectivity index (χ4v) is 2.11. The second-order valence-electron chi connectivity index (χ2n) is 4.00. The Labute approximate surface area is 113 Å². The van der Waals surface area contributed by atoms with Crippen LogP contribution in [0.25, 0.3) is 10.6 Å². The smallest absolute Gasteiger partial charge is 0.308 e. The molecule has 0 saturated heterocycles. The minimum Gasteiger partial charge on any atom is -0.481 e. The van der Waals surface area contributed by atoms with E-state index in [4.69, 9.17) is 9.52 Å². The first kappa shape index (κ1) is 13.3. The number of amides is 1. The van der Waals surface area contributed by atoms with Crippen LogP contribution in [0, 0.1) is 5.92 Å². The lowest BCUT2D eigenvalue weighted by atomic mass is 10.2. The van der Waals surface area contributed by atoms with Gasteiger partial charge in [0.15, 0.2) is 0 Å². The van der Waals surface area contributed by atoms with Gasteiger partial charge in [-0.3, -0.25) is 9.59 Å². The number of hydrogen-bond acceptors (Lipinski definition) is 5. The first-order valence-corrected chi connectivity index (χ1v) is 6.45. The average molecular weight is 280 g/mol. The second kappa shape index (κ2) is 5.66. The number of carbonyl (C=O) groups excluding carboxylic acids is 1. The Morgan fingerprint density at radius 1 is 1.58 bits per heavy atom. The average Bonchev–Trinajstić information content (AvgIpc) is 3.04. The van der Waals surface area contributed by atoms with Gasteiger partial charge in [-0.15, -0.1) is 11.3 Å². The van der Waals surface area contributed by atoms with E-state index in [0.29, 0.717) is 5.01 Å². The van der Waals surface area contributed by atoms with Crippen LogP contribution < -0.4 is 5.32 Å². The molecule has 0 saturated carbocycles. The molecule has 0 spiro atoms. The van der Waals surface area contributed by atoms with Crippen molar-refractivity contribution in [2.45, 2.75) is 6.92 Å². The highest BCUT2D eigenvalue weighted by Crippen LogP contribution is 2.23. The van der Waals surface area contributed by atoms with Gasteiger partial charge in [0.1, 0.15) is 17.0 Å². The Hall–Kier alpha value is -2.15. The zero-order valence-electron chi connectivity index (χ0n) is 10.1. The summed E-state index contributed by atoms with van der Waals surface area (Å²) >= 11 is 1.33. The zero-order chi connectivity index (χ0) is 13.8. The maximum absolute atomic E-state index is 11.8. The summed E-state index contributed by atoms with van der Waals surface area (Å²) in [5, 5.41) is 13.6. The van der Waals surface area contributed by atoms with E-state index in [2.05, 4.69) is 10.3 Å². The maximum atomic E-state index is 11.8.